The third kappa shape index (κ3) is 2.95. The zero-order chi connectivity index (χ0) is 13.2. The van der Waals surface area contributed by atoms with E-state index in [-0.39, 0.29) is 29.1 Å². The van der Waals surface area contributed by atoms with Crippen LogP contribution in [0, 0.1) is 10.1 Å². The van der Waals surface area contributed by atoms with E-state index in [2.05, 4.69) is 10.3 Å². The molecule has 1 aromatic heterocycles. The van der Waals surface area contributed by atoms with E-state index in [9.17, 15) is 18.5 Å². The van der Waals surface area contributed by atoms with Crippen LogP contribution in [0.5, 0.6) is 0 Å². The Morgan fingerprint density at radius 3 is 2.94 bits per heavy atom. The van der Waals surface area contributed by atoms with Gasteiger partial charge in [0.1, 0.15) is 0 Å². The molecule has 0 spiro atoms. The molecule has 0 saturated carbocycles. The summed E-state index contributed by atoms with van der Waals surface area (Å²) in [5.41, 5.74) is -0.138. The van der Waals surface area contributed by atoms with E-state index >= 15 is 0 Å². The van der Waals surface area contributed by atoms with Crippen LogP contribution in [-0.4, -0.2) is 35.9 Å². The Morgan fingerprint density at radius 2 is 2.28 bits per heavy atom. The number of rotatable bonds is 3. The molecule has 2 rings (SSSR count). The number of hydrogen-bond donors (Lipinski definition) is 1. The van der Waals surface area contributed by atoms with Gasteiger partial charge in [-0.15, -0.1) is 0 Å². The van der Waals surface area contributed by atoms with Gasteiger partial charge >= 0.3 is 5.69 Å². The summed E-state index contributed by atoms with van der Waals surface area (Å²) in [5.74, 6) is 0.320. The van der Waals surface area contributed by atoms with Gasteiger partial charge in [-0.3, -0.25) is 10.1 Å². The monoisotopic (exact) mass is 271 g/mol. The Hall–Kier alpha value is -1.70. The summed E-state index contributed by atoms with van der Waals surface area (Å²) in [7, 11) is -3.05. The molecule has 1 fully saturated rings. The molecule has 1 aromatic rings. The Labute approximate surface area is 104 Å². The topological polar surface area (TPSA) is 102 Å². The molecule has 98 valence electrons. The lowest BCUT2D eigenvalue weighted by atomic mass is 10.2. The molecule has 0 amide bonds. The lowest BCUT2D eigenvalue weighted by Crippen LogP contribution is -2.35. The maximum atomic E-state index is 11.5. The van der Waals surface area contributed by atoms with Crippen molar-refractivity contribution in [3.8, 4) is 0 Å². The summed E-state index contributed by atoms with van der Waals surface area (Å²) >= 11 is 0. The largest absolute Gasteiger partial charge is 0.361 e. The molecule has 0 aromatic carbocycles. The minimum Gasteiger partial charge on any atom is -0.361 e. The third-order valence-corrected chi connectivity index (χ3v) is 4.61. The van der Waals surface area contributed by atoms with Crippen LogP contribution in [0.3, 0.4) is 0 Å². The summed E-state index contributed by atoms with van der Waals surface area (Å²) in [6.45, 7) is 0. The molecule has 1 saturated heterocycles. The maximum Gasteiger partial charge on any atom is 0.311 e. The Kier molecular flexibility index (Phi) is 3.46. The predicted octanol–water partition coefficient (Wildman–Crippen LogP) is 0.979. The summed E-state index contributed by atoms with van der Waals surface area (Å²) in [6.07, 6.45) is 2.68. The van der Waals surface area contributed by atoms with Crippen molar-refractivity contribution in [2.24, 2.45) is 0 Å². The summed E-state index contributed by atoms with van der Waals surface area (Å²) in [6, 6.07) is 2.51. The number of anilines is 1. The van der Waals surface area contributed by atoms with Crippen molar-refractivity contribution in [2.45, 2.75) is 18.9 Å². The maximum absolute atomic E-state index is 11.5. The number of pyridine rings is 1. The number of sulfone groups is 1. The van der Waals surface area contributed by atoms with Crippen molar-refractivity contribution in [3.63, 3.8) is 0 Å². The minimum absolute atomic E-state index is 0.000723. The second kappa shape index (κ2) is 4.89. The Balaban J connectivity index is 2.17. The van der Waals surface area contributed by atoms with Crippen LogP contribution in [0.1, 0.15) is 12.8 Å². The first kappa shape index (κ1) is 12.7. The van der Waals surface area contributed by atoms with Crippen molar-refractivity contribution in [1.82, 2.24) is 4.98 Å². The van der Waals surface area contributed by atoms with Gasteiger partial charge in [-0.25, -0.2) is 13.4 Å². The summed E-state index contributed by atoms with van der Waals surface area (Å²) in [4.78, 5) is 14.2. The van der Waals surface area contributed by atoms with Gasteiger partial charge in [-0.05, 0) is 18.9 Å². The van der Waals surface area contributed by atoms with E-state index < -0.39 is 14.8 Å². The molecule has 0 aliphatic carbocycles. The number of nitrogens with one attached hydrogen (secondary N) is 1. The number of nitrogens with zero attached hydrogens (tertiary/aromatic N) is 2. The summed E-state index contributed by atoms with van der Waals surface area (Å²) < 4.78 is 23.0. The van der Waals surface area contributed by atoms with E-state index in [1.54, 1.807) is 0 Å². The fourth-order valence-electron chi connectivity index (χ4n) is 1.99. The van der Waals surface area contributed by atoms with Gasteiger partial charge < -0.3 is 5.32 Å². The minimum atomic E-state index is -3.05. The first-order chi connectivity index (χ1) is 8.48. The van der Waals surface area contributed by atoms with Gasteiger partial charge in [-0.2, -0.15) is 0 Å². The second-order valence-corrected chi connectivity index (χ2v) is 6.45. The molecule has 0 radical (unpaired) electrons. The van der Waals surface area contributed by atoms with E-state index in [1.807, 2.05) is 0 Å². The highest BCUT2D eigenvalue weighted by Crippen LogP contribution is 2.23. The highest BCUT2D eigenvalue weighted by molar-refractivity contribution is 7.91. The van der Waals surface area contributed by atoms with Gasteiger partial charge in [-0.1, -0.05) is 0 Å². The van der Waals surface area contributed by atoms with Crippen molar-refractivity contribution in [3.05, 3.63) is 28.4 Å². The normalized spacial score (nSPS) is 22.3. The average Bonchev–Trinajstić information content (AvgIpc) is 2.28. The molecule has 1 unspecified atom stereocenters. The lowest BCUT2D eigenvalue weighted by molar-refractivity contribution is -0.384. The fraction of sp³-hybridized carbons (Fsp3) is 0.500. The molecule has 0 bridgehead atoms. The molecule has 1 N–H and O–H groups in total. The second-order valence-electron chi connectivity index (χ2n) is 4.23. The molecule has 7 nitrogen and oxygen atoms in total. The zero-order valence-corrected chi connectivity index (χ0v) is 10.4. The van der Waals surface area contributed by atoms with Crippen LogP contribution in [0.15, 0.2) is 18.3 Å². The van der Waals surface area contributed by atoms with Crippen molar-refractivity contribution >= 4 is 21.3 Å². The number of aromatic nitrogens is 1. The van der Waals surface area contributed by atoms with Crippen LogP contribution in [0.2, 0.25) is 0 Å². The standard InChI is InChI=1S/C10H13N3O4S/c14-13(15)9-4-1-5-11-10(9)12-8-3-2-6-18(16,17)7-8/h1,4-5,8H,2-3,6-7H2,(H,11,12). The highest BCUT2D eigenvalue weighted by atomic mass is 32.2. The van der Waals surface area contributed by atoms with E-state index in [4.69, 9.17) is 0 Å². The first-order valence-corrected chi connectivity index (χ1v) is 7.36. The molecule has 1 aliphatic rings. The molecule has 1 aliphatic heterocycles. The molecule has 18 heavy (non-hydrogen) atoms. The van der Waals surface area contributed by atoms with Crippen LogP contribution in [0.4, 0.5) is 11.5 Å². The number of nitro groups is 1. The van der Waals surface area contributed by atoms with Crippen LogP contribution in [-0.2, 0) is 9.84 Å². The van der Waals surface area contributed by atoms with Gasteiger partial charge in [0.15, 0.2) is 9.84 Å². The van der Waals surface area contributed by atoms with Gasteiger partial charge in [0, 0.05) is 18.3 Å². The van der Waals surface area contributed by atoms with Gasteiger partial charge in [0.25, 0.3) is 0 Å². The van der Waals surface area contributed by atoms with Crippen molar-refractivity contribution in [2.75, 3.05) is 16.8 Å². The van der Waals surface area contributed by atoms with Crippen LogP contribution >= 0.6 is 0 Å². The van der Waals surface area contributed by atoms with Crippen molar-refractivity contribution < 1.29 is 13.3 Å². The average molecular weight is 271 g/mol. The smallest absolute Gasteiger partial charge is 0.311 e. The molecule has 2 heterocycles. The zero-order valence-electron chi connectivity index (χ0n) is 9.57. The molecular weight excluding hydrogens is 258 g/mol. The third-order valence-electron chi connectivity index (χ3n) is 2.79. The quantitative estimate of drug-likeness (QED) is 0.649. The van der Waals surface area contributed by atoms with Gasteiger partial charge in [0.05, 0.1) is 16.4 Å². The van der Waals surface area contributed by atoms with Crippen LogP contribution < -0.4 is 5.32 Å². The molecule has 8 heteroatoms. The Bertz CT molecular complexity index is 558. The lowest BCUT2D eigenvalue weighted by Gasteiger charge is -2.23. The SMILES string of the molecule is O=[N+]([O-])c1cccnc1NC1CCCS(=O)(=O)C1. The fourth-order valence-corrected chi connectivity index (χ4v) is 3.62. The predicted molar refractivity (Wildman–Crippen MR) is 66.2 cm³/mol. The first-order valence-electron chi connectivity index (χ1n) is 5.54. The Morgan fingerprint density at radius 1 is 1.50 bits per heavy atom. The molecular formula is C10H13N3O4S. The molecule has 1 atom stereocenters. The van der Waals surface area contributed by atoms with E-state index in [1.165, 1.54) is 18.3 Å². The van der Waals surface area contributed by atoms with Gasteiger partial charge in [0.2, 0.25) is 5.82 Å². The van der Waals surface area contributed by atoms with Crippen LogP contribution in [0.25, 0.3) is 0 Å². The summed E-state index contributed by atoms with van der Waals surface area (Å²) in [5, 5.41) is 13.7. The van der Waals surface area contributed by atoms with Crippen molar-refractivity contribution in [1.29, 1.82) is 0 Å². The van der Waals surface area contributed by atoms with E-state index in [0.717, 1.165) is 0 Å². The van der Waals surface area contributed by atoms with E-state index in [0.29, 0.717) is 12.8 Å². The number of hydrogen-bond acceptors (Lipinski definition) is 6. The highest BCUT2D eigenvalue weighted by Gasteiger charge is 2.26.